The number of amidine groups is 1. The third-order valence-electron chi connectivity index (χ3n) is 5.16. The van der Waals surface area contributed by atoms with E-state index >= 15 is 0 Å². The average Bonchev–Trinajstić information content (AvgIpc) is 2.90. The molecule has 0 aliphatic carbocycles. The number of rotatable bonds is 3. The van der Waals surface area contributed by atoms with Crippen molar-refractivity contribution in [1.82, 2.24) is 4.90 Å². The van der Waals surface area contributed by atoms with Crippen LogP contribution in [0.5, 0.6) is 0 Å². The number of hydrogen-bond donors (Lipinski definition) is 1. The lowest BCUT2D eigenvalue weighted by Crippen LogP contribution is -2.56. The van der Waals surface area contributed by atoms with E-state index in [1.165, 1.54) is 24.3 Å². The van der Waals surface area contributed by atoms with Crippen LogP contribution in [0.25, 0.3) is 0 Å². The lowest BCUT2D eigenvalue weighted by Gasteiger charge is -2.44. The predicted octanol–water partition coefficient (Wildman–Crippen LogP) is 4.56. The molecule has 2 unspecified atom stereocenters. The monoisotopic (exact) mass is 454 g/mol. The summed E-state index contributed by atoms with van der Waals surface area (Å²) in [6.07, 6.45) is 0.874. The Labute approximate surface area is 172 Å². The van der Waals surface area contributed by atoms with Gasteiger partial charge in [0.05, 0.1) is 11.2 Å². The summed E-state index contributed by atoms with van der Waals surface area (Å²) < 4.78 is 27.0. The Bertz CT molecular complexity index is 785. The largest absolute Gasteiger partial charge is 0.369 e. The molecule has 27 heavy (non-hydrogen) atoms. The first kappa shape index (κ1) is 20.3. The highest BCUT2D eigenvalue weighted by molar-refractivity contribution is 8.93. The highest BCUT2D eigenvalue weighted by Gasteiger charge is 2.55. The number of aliphatic imine (C=N–C) groups is 1. The molecule has 2 atom stereocenters. The Hall–Kier alpha value is -1.44. The minimum Gasteiger partial charge on any atom is -0.369 e. The van der Waals surface area contributed by atoms with Crippen LogP contribution in [0.3, 0.4) is 0 Å². The van der Waals surface area contributed by atoms with Gasteiger partial charge in [-0.05, 0) is 48.7 Å². The lowest BCUT2D eigenvalue weighted by molar-refractivity contribution is -0.0756. The Morgan fingerprint density at radius 3 is 2.11 bits per heavy atom. The second-order valence-corrected chi connectivity index (χ2v) is 8.06. The molecule has 1 saturated heterocycles. The molecule has 0 amide bonds. The fraction of sp³-hybridized carbons (Fsp3) is 0.350. The molecule has 2 aromatic rings. The van der Waals surface area contributed by atoms with Gasteiger partial charge in [0.1, 0.15) is 11.6 Å². The highest BCUT2D eigenvalue weighted by Crippen LogP contribution is 2.49. The van der Waals surface area contributed by atoms with Gasteiger partial charge in [-0.1, -0.05) is 36.0 Å². The molecule has 0 bridgehead atoms. The topological polar surface area (TPSA) is 35.8 Å². The van der Waals surface area contributed by atoms with E-state index in [9.17, 15) is 13.9 Å². The van der Waals surface area contributed by atoms with Gasteiger partial charge in [0, 0.05) is 13.1 Å². The first-order valence-corrected chi connectivity index (χ1v) is 9.60. The Balaban J connectivity index is 0.00000210. The van der Waals surface area contributed by atoms with Crippen LogP contribution in [0.2, 0.25) is 0 Å². The van der Waals surface area contributed by atoms with Gasteiger partial charge in [0.2, 0.25) is 0 Å². The number of aliphatic hydroxyl groups is 1. The number of hydrogen-bond acceptors (Lipinski definition) is 4. The molecule has 2 aliphatic rings. The van der Waals surface area contributed by atoms with Gasteiger partial charge < -0.3 is 10.0 Å². The maximum absolute atomic E-state index is 13.5. The van der Waals surface area contributed by atoms with Crippen molar-refractivity contribution in [3.63, 3.8) is 0 Å². The van der Waals surface area contributed by atoms with Crippen molar-refractivity contribution in [2.45, 2.75) is 30.2 Å². The van der Waals surface area contributed by atoms with E-state index in [0.717, 1.165) is 29.3 Å². The first-order chi connectivity index (χ1) is 12.5. The molecule has 7 heteroatoms. The van der Waals surface area contributed by atoms with Crippen LogP contribution in [0.15, 0.2) is 53.5 Å². The summed E-state index contributed by atoms with van der Waals surface area (Å²) in [6.45, 7) is 3.45. The summed E-state index contributed by atoms with van der Waals surface area (Å²) in [4.78, 5) is 6.52. The quantitative estimate of drug-likeness (QED) is 0.738. The van der Waals surface area contributed by atoms with E-state index in [0.29, 0.717) is 6.54 Å². The van der Waals surface area contributed by atoms with Crippen LogP contribution in [-0.2, 0) is 0 Å². The Kier molecular flexibility index (Phi) is 5.93. The van der Waals surface area contributed by atoms with Crippen LogP contribution in [0.4, 0.5) is 8.78 Å². The van der Waals surface area contributed by atoms with Gasteiger partial charge in [0.25, 0.3) is 0 Å². The van der Waals surface area contributed by atoms with Crippen molar-refractivity contribution >= 4 is 33.9 Å². The number of fused-ring (bicyclic) bond motifs is 1. The Morgan fingerprint density at radius 1 is 1.07 bits per heavy atom. The standard InChI is InChI=1S/C20H20F2N2OS.BrH/c1-13-20(25,24-12-2-11-23-19(24)26-13)18(14-3-7-16(21)8-4-14)15-5-9-17(22)10-6-15;/h3-10,13,18,25H,2,11-12H2,1H3;1H. The zero-order chi connectivity index (χ0) is 18.3. The SMILES string of the molecule is Br.CC1SC2=NCCCN2C1(O)C(c1ccc(F)cc1)c1ccc(F)cc1. The van der Waals surface area contributed by atoms with Crippen LogP contribution in [0, 0.1) is 11.6 Å². The molecule has 2 aliphatic heterocycles. The third kappa shape index (κ3) is 3.52. The summed E-state index contributed by atoms with van der Waals surface area (Å²) in [5.74, 6) is -1.10. The molecular formula is C20H21BrF2N2OS. The van der Waals surface area contributed by atoms with E-state index in [2.05, 4.69) is 4.99 Å². The van der Waals surface area contributed by atoms with E-state index in [4.69, 9.17) is 0 Å². The molecule has 0 saturated carbocycles. The minimum atomic E-state index is -1.22. The molecule has 144 valence electrons. The van der Waals surface area contributed by atoms with Gasteiger partial charge >= 0.3 is 0 Å². The summed E-state index contributed by atoms with van der Waals surface area (Å²) in [6, 6.07) is 12.4. The highest BCUT2D eigenvalue weighted by atomic mass is 79.9. The van der Waals surface area contributed by atoms with E-state index in [1.807, 2.05) is 11.8 Å². The number of nitrogens with zero attached hydrogens (tertiary/aromatic N) is 2. The molecule has 3 nitrogen and oxygen atoms in total. The van der Waals surface area contributed by atoms with Gasteiger partial charge in [-0.3, -0.25) is 4.99 Å². The Morgan fingerprint density at radius 2 is 1.59 bits per heavy atom. The summed E-state index contributed by atoms with van der Waals surface area (Å²) >= 11 is 1.56. The van der Waals surface area contributed by atoms with E-state index < -0.39 is 11.6 Å². The molecular weight excluding hydrogens is 434 g/mol. The fourth-order valence-corrected chi connectivity index (χ4v) is 5.15. The van der Waals surface area contributed by atoms with Gasteiger partial charge in [0.15, 0.2) is 10.9 Å². The minimum absolute atomic E-state index is 0. The van der Waals surface area contributed by atoms with Gasteiger partial charge in [-0.15, -0.1) is 17.0 Å². The van der Waals surface area contributed by atoms with Crippen LogP contribution >= 0.6 is 28.7 Å². The van der Waals surface area contributed by atoms with Crippen molar-refractivity contribution < 1.29 is 13.9 Å². The molecule has 2 heterocycles. The third-order valence-corrected chi connectivity index (χ3v) is 6.42. The van der Waals surface area contributed by atoms with Crippen molar-refractivity contribution in [2.75, 3.05) is 13.1 Å². The number of benzene rings is 2. The zero-order valence-corrected chi connectivity index (χ0v) is 17.3. The van der Waals surface area contributed by atoms with Crippen molar-refractivity contribution in [1.29, 1.82) is 0 Å². The van der Waals surface area contributed by atoms with Crippen molar-refractivity contribution in [3.8, 4) is 0 Å². The smallest absolute Gasteiger partial charge is 0.162 e. The molecule has 0 spiro atoms. The summed E-state index contributed by atoms with van der Waals surface area (Å²) in [7, 11) is 0. The number of thioether (sulfide) groups is 1. The van der Waals surface area contributed by atoms with Gasteiger partial charge in [-0.2, -0.15) is 0 Å². The first-order valence-electron chi connectivity index (χ1n) is 8.72. The average molecular weight is 455 g/mol. The maximum Gasteiger partial charge on any atom is 0.162 e. The predicted molar refractivity (Wildman–Crippen MR) is 111 cm³/mol. The summed E-state index contributed by atoms with van der Waals surface area (Å²) in [5, 5.41) is 12.6. The molecule has 0 radical (unpaired) electrons. The fourth-order valence-electron chi connectivity index (χ4n) is 3.87. The zero-order valence-electron chi connectivity index (χ0n) is 14.8. The second-order valence-electron chi connectivity index (χ2n) is 6.75. The lowest BCUT2D eigenvalue weighted by atomic mass is 9.79. The van der Waals surface area contributed by atoms with Crippen LogP contribution in [-0.4, -0.2) is 39.2 Å². The maximum atomic E-state index is 13.5. The molecule has 4 rings (SSSR count). The number of halogens is 3. The van der Waals surface area contributed by atoms with Crippen LogP contribution in [0.1, 0.15) is 30.4 Å². The van der Waals surface area contributed by atoms with E-state index in [-0.39, 0.29) is 33.9 Å². The molecule has 1 N–H and O–H groups in total. The van der Waals surface area contributed by atoms with Gasteiger partial charge in [-0.25, -0.2) is 8.78 Å². The van der Waals surface area contributed by atoms with Crippen LogP contribution < -0.4 is 0 Å². The van der Waals surface area contributed by atoms with Crippen molar-refractivity contribution in [2.24, 2.45) is 4.99 Å². The second kappa shape index (κ2) is 7.89. The molecule has 2 aromatic carbocycles. The molecule has 0 aromatic heterocycles. The molecule has 1 fully saturated rings. The van der Waals surface area contributed by atoms with E-state index in [1.54, 1.807) is 36.0 Å². The normalized spacial score (nSPS) is 24.4. The van der Waals surface area contributed by atoms with Crippen molar-refractivity contribution in [3.05, 3.63) is 71.3 Å². The summed E-state index contributed by atoms with van der Waals surface area (Å²) in [5.41, 5.74) is 0.360.